The second kappa shape index (κ2) is 5.63. The summed E-state index contributed by atoms with van der Waals surface area (Å²) >= 11 is 7.42. The topological polar surface area (TPSA) is 12.0 Å². The lowest BCUT2D eigenvalue weighted by Crippen LogP contribution is -2.12. The molecule has 0 aliphatic carbocycles. The van der Waals surface area contributed by atoms with Gasteiger partial charge in [0, 0.05) is 18.0 Å². The minimum Gasteiger partial charge on any atom is -0.308 e. The highest BCUT2D eigenvalue weighted by Gasteiger charge is 2.01. The molecular weight excluding hydrogens is 257 g/mol. The predicted octanol–water partition coefficient (Wildman–Crippen LogP) is 4.14. The van der Waals surface area contributed by atoms with Crippen LogP contribution in [0.25, 0.3) is 0 Å². The smallest absolute Gasteiger partial charge is 0.123 e. The van der Waals surface area contributed by atoms with Gasteiger partial charge in [-0.25, -0.2) is 4.39 Å². The Bertz CT molecular complexity index is 510. The molecule has 0 spiro atoms. The summed E-state index contributed by atoms with van der Waals surface area (Å²) in [6, 6.07) is 8.77. The maximum absolute atomic E-state index is 12.9. The lowest BCUT2D eigenvalue weighted by Gasteiger charge is -2.06. The summed E-state index contributed by atoms with van der Waals surface area (Å²) in [7, 11) is 0. The Labute approximate surface area is 109 Å². The van der Waals surface area contributed by atoms with Gasteiger partial charge in [0.2, 0.25) is 0 Å². The highest BCUT2D eigenvalue weighted by atomic mass is 35.5. The highest BCUT2D eigenvalue weighted by Crippen LogP contribution is 2.21. The van der Waals surface area contributed by atoms with E-state index in [0.717, 1.165) is 28.6 Å². The largest absolute Gasteiger partial charge is 0.308 e. The number of rotatable bonds is 4. The second-order valence-corrected chi connectivity index (χ2v) is 5.68. The van der Waals surface area contributed by atoms with Crippen molar-refractivity contribution in [3.05, 3.63) is 56.5 Å². The van der Waals surface area contributed by atoms with Crippen LogP contribution >= 0.6 is 22.9 Å². The molecule has 0 aliphatic rings. The quantitative estimate of drug-likeness (QED) is 0.880. The third-order valence-electron chi connectivity index (χ3n) is 2.55. The molecule has 0 unspecified atom stereocenters. The number of benzene rings is 1. The van der Waals surface area contributed by atoms with Crippen molar-refractivity contribution in [2.45, 2.75) is 20.0 Å². The highest BCUT2D eigenvalue weighted by molar-refractivity contribution is 7.16. The van der Waals surface area contributed by atoms with E-state index in [1.807, 2.05) is 25.1 Å². The van der Waals surface area contributed by atoms with Crippen LogP contribution in [-0.4, -0.2) is 0 Å². The van der Waals surface area contributed by atoms with Crippen LogP contribution in [0.3, 0.4) is 0 Å². The first kappa shape index (κ1) is 12.6. The van der Waals surface area contributed by atoms with Gasteiger partial charge >= 0.3 is 0 Å². The molecule has 0 amide bonds. The molecule has 17 heavy (non-hydrogen) atoms. The Morgan fingerprint density at radius 2 is 2.06 bits per heavy atom. The molecule has 0 fully saturated rings. The zero-order chi connectivity index (χ0) is 12.3. The molecule has 1 aromatic carbocycles. The molecule has 2 rings (SSSR count). The first-order chi connectivity index (χ1) is 8.15. The molecule has 0 radical (unpaired) electrons. The zero-order valence-corrected chi connectivity index (χ0v) is 11.0. The molecule has 1 aromatic heterocycles. The van der Waals surface area contributed by atoms with Crippen LogP contribution in [0, 0.1) is 12.7 Å². The maximum Gasteiger partial charge on any atom is 0.123 e. The fraction of sp³-hybridized carbons (Fsp3) is 0.231. The van der Waals surface area contributed by atoms with Crippen molar-refractivity contribution in [1.29, 1.82) is 0 Å². The van der Waals surface area contributed by atoms with Crippen molar-refractivity contribution in [3.63, 3.8) is 0 Å². The molecule has 1 heterocycles. The Kier molecular flexibility index (Phi) is 4.15. The summed E-state index contributed by atoms with van der Waals surface area (Å²) in [4.78, 5) is 1.20. The van der Waals surface area contributed by atoms with Gasteiger partial charge in [0.1, 0.15) is 5.82 Å². The Morgan fingerprint density at radius 1 is 1.24 bits per heavy atom. The van der Waals surface area contributed by atoms with Crippen molar-refractivity contribution >= 4 is 22.9 Å². The summed E-state index contributed by atoms with van der Waals surface area (Å²) < 4.78 is 13.7. The van der Waals surface area contributed by atoms with Gasteiger partial charge in [0.25, 0.3) is 0 Å². The van der Waals surface area contributed by atoms with Crippen molar-refractivity contribution in [2.75, 3.05) is 0 Å². The average Bonchev–Trinajstić information content (AvgIpc) is 2.68. The van der Waals surface area contributed by atoms with Crippen molar-refractivity contribution in [1.82, 2.24) is 5.32 Å². The third kappa shape index (κ3) is 3.53. The van der Waals surface area contributed by atoms with E-state index in [9.17, 15) is 4.39 Å². The predicted molar refractivity (Wildman–Crippen MR) is 71.0 cm³/mol. The van der Waals surface area contributed by atoms with Gasteiger partial charge in [-0.1, -0.05) is 17.7 Å². The molecule has 2 aromatic rings. The first-order valence-corrected chi connectivity index (χ1v) is 6.54. The van der Waals surface area contributed by atoms with Gasteiger partial charge < -0.3 is 5.32 Å². The van der Waals surface area contributed by atoms with Crippen molar-refractivity contribution in [2.24, 2.45) is 0 Å². The number of hydrogen-bond donors (Lipinski definition) is 1. The van der Waals surface area contributed by atoms with E-state index in [1.165, 1.54) is 10.9 Å². The van der Waals surface area contributed by atoms with Crippen LogP contribution in [-0.2, 0) is 13.1 Å². The van der Waals surface area contributed by atoms with Gasteiger partial charge in [-0.05, 0) is 42.3 Å². The van der Waals surface area contributed by atoms with Gasteiger partial charge in [-0.3, -0.25) is 0 Å². The van der Waals surface area contributed by atoms with Gasteiger partial charge in [-0.2, -0.15) is 0 Å². The second-order valence-electron chi connectivity index (χ2n) is 3.88. The standard InChI is InChI=1S/C13H13ClFNS/c1-9-6-11(15)3-2-10(9)7-16-8-12-4-5-13(14)17-12/h2-6,16H,7-8H2,1H3. The maximum atomic E-state index is 12.9. The van der Waals surface area contributed by atoms with Crippen molar-refractivity contribution < 1.29 is 4.39 Å². The normalized spacial score (nSPS) is 10.8. The van der Waals surface area contributed by atoms with Crippen LogP contribution in [0.4, 0.5) is 4.39 Å². The molecule has 90 valence electrons. The molecule has 0 bridgehead atoms. The van der Waals surface area contributed by atoms with Crippen LogP contribution in [0.2, 0.25) is 4.34 Å². The fourth-order valence-electron chi connectivity index (χ4n) is 1.62. The van der Waals surface area contributed by atoms with Crippen LogP contribution in [0.1, 0.15) is 16.0 Å². The summed E-state index contributed by atoms with van der Waals surface area (Å²) in [5.41, 5.74) is 2.09. The van der Waals surface area contributed by atoms with E-state index in [1.54, 1.807) is 17.4 Å². The van der Waals surface area contributed by atoms with Gasteiger partial charge in [0.15, 0.2) is 0 Å². The molecule has 0 saturated carbocycles. The minimum atomic E-state index is -0.184. The minimum absolute atomic E-state index is 0.184. The number of thiophene rings is 1. The summed E-state index contributed by atoms with van der Waals surface area (Å²) in [6.07, 6.45) is 0. The van der Waals surface area contributed by atoms with Crippen LogP contribution in [0.15, 0.2) is 30.3 Å². The SMILES string of the molecule is Cc1cc(F)ccc1CNCc1ccc(Cl)s1. The zero-order valence-electron chi connectivity index (χ0n) is 9.47. The van der Waals surface area contributed by atoms with Gasteiger partial charge in [-0.15, -0.1) is 11.3 Å². The van der Waals surface area contributed by atoms with Crippen molar-refractivity contribution in [3.8, 4) is 0 Å². The summed E-state index contributed by atoms with van der Waals surface area (Å²) in [5.74, 6) is -0.184. The summed E-state index contributed by atoms with van der Waals surface area (Å²) in [5, 5.41) is 3.32. The van der Waals surface area contributed by atoms with E-state index in [4.69, 9.17) is 11.6 Å². The van der Waals surface area contributed by atoms with E-state index in [-0.39, 0.29) is 5.82 Å². The number of nitrogens with one attached hydrogen (secondary N) is 1. The first-order valence-electron chi connectivity index (χ1n) is 5.35. The van der Waals surface area contributed by atoms with E-state index in [0.29, 0.717) is 0 Å². The molecule has 1 N–H and O–H groups in total. The van der Waals surface area contributed by atoms with Crippen LogP contribution in [0.5, 0.6) is 0 Å². The Balaban J connectivity index is 1.90. The van der Waals surface area contributed by atoms with Gasteiger partial charge in [0.05, 0.1) is 4.34 Å². The third-order valence-corrected chi connectivity index (χ3v) is 3.78. The molecule has 4 heteroatoms. The number of halogens is 2. The monoisotopic (exact) mass is 269 g/mol. The lowest BCUT2D eigenvalue weighted by molar-refractivity contribution is 0.623. The number of aryl methyl sites for hydroxylation is 1. The Morgan fingerprint density at radius 3 is 2.71 bits per heavy atom. The molecule has 0 aliphatic heterocycles. The molecule has 1 nitrogen and oxygen atoms in total. The van der Waals surface area contributed by atoms with E-state index >= 15 is 0 Å². The van der Waals surface area contributed by atoms with E-state index in [2.05, 4.69) is 5.32 Å². The molecular formula is C13H13ClFNS. The molecule has 0 saturated heterocycles. The Hall–Kier alpha value is -0.900. The number of hydrogen-bond acceptors (Lipinski definition) is 2. The lowest BCUT2D eigenvalue weighted by atomic mass is 10.1. The fourth-order valence-corrected chi connectivity index (χ4v) is 2.68. The van der Waals surface area contributed by atoms with E-state index < -0.39 is 0 Å². The average molecular weight is 270 g/mol. The van der Waals surface area contributed by atoms with Crippen LogP contribution < -0.4 is 5.32 Å². The summed E-state index contributed by atoms with van der Waals surface area (Å²) in [6.45, 7) is 3.44. The molecule has 0 atom stereocenters.